The highest BCUT2D eigenvalue weighted by molar-refractivity contribution is 7.99. The molecule has 0 N–H and O–H groups in total. The van der Waals surface area contributed by atoms with Gasteiger partial charge < -0.3 is 9.32 Å². The molecule has 4 rings (SSSR count). The Balaban J connectivity index is 1.38. The second-order valence-corrected chi connectivity index (χ2v) is 7.60. The molecule has 25 heavy (non-hydrogen) atoms. The van der Waals surface area contributed by atoms with E-state index in [1.807, 2.05) is 48.5 Å². The van der Waals surface area contributed by atoms with Crippen LogP contribution in [0.25, 0.3) is 21.3 Å². The molecule has 126 valence electrons. The van der Waals surface area contributed by atoms with Gasteiger partial charge >= 0.3 is 0 Å². The summed E-state index contributed by atoms with van der Waals surface area (Å²) in [6.07, 6.45) is 0. The number of amides is 1. The highest BCUT2D eigenvalue weighted by atomic mass is 32.2. The van der Waals surface area contributed by atoms with Gasteiger partial charge in [0.1, 0.15) is 10.5 Å². The van der Waals surface area contributed by atoms with Crippen molar-refractivity contribution in [3.63, 3.8) is 0 Å². The number of hydrogen-bond donors (Lipinski definition) is 0. The van der Waals surface area contributed by atoms with E-state index in [1.165, 1.54) is 11.8 Å². The number of para-hydroxylation sites is 3. The lowest BCUT2D eigenvalue weighted by Gasteiger charge is -2.14. The van der Waals surface area contributed by atoms with Gasteiger partial charge in [-0.25, -0.2) is 9.97 Å². The fraction of sp³-hybridized carbons (Fsp3) is 0.167. The molecule has 0 saturated carbocycles. The predicted molar refractivity (Wildman–Crippen MR) is 101 cm³/mol. The number of oxazole rings is 1. The van der Waals surface area contributed by atoms with E-state index in [4.69, 9.17) is 4.42 Å². The highest BCUT2D eigenvalue weighted by Gasteiger charge is 2.14. The summed E-state index contributed by atoms with van der Waals surface area (Å²) in [5.41, 5.74) is 2.52. The maximum Gasteiger partial charge on any atom is 0.257 e. The topological polar surface area (TPSA) is 59.2 Å². The lowest BCUT2D eigenvalue weighted by atomic mass is 10.3. The second kappa shape index (κ2) is 6.85. The van der Waals surface area contributed by atoms with Crippen LogP contribution in [-0.2, 0) is 11.3 Å². The van der Waals surface area contributed by atoms with Crippen LogP contribution in [0.2, 0.25) is 0 Å². The lowest BCUT2D eigenvalue weighted by Crippen LogP contribution is -2.27. The van der Waals surface area contributed by atoms with Crippen LogP contribution in [0.4, 0.5) is 0 Å². The summed E-state index contributed by atoms with van der Waals surface area (Å²) >= 11 is 2.93. The zero-order chi connectivity index (χ0) is 17.2. The molecule has 5 nitrogen and oxygen atoms in total. The number of hydrogen-bond acceptors (Lipinski definition) is 6. The van der Waals surface area contributed by atoms with E-state index in [0.717, 1.165) is 26.3 Å². The number of fused-ring (bicyclic) bond motifs is 2. The molecule has 2 aromatic heterocycles. The molecule has 2 aromatic carbocycles. The van der Waals surface area contributed by atoms with E-state index >= 15 is 0 Å². The van der Waals surface area contributed by atoms with Crippen LogP contribution in [0.5, 0.6) is 0 Å². The second-order valence-electron chi connectivity index (χ2n) is 5.56. The summed E-state index contributed by atoms with van der Waals surface area (Å²) in [7, 11) is 1.79. The number of nitrogens with zero attached hydrogens (tertiary/aromatic N) is 3. The number of carbonyl (C=O) groups excluding carboxylic acids is 1. The van der Waals surface area contributed by atoms with E-state index in [0.29, 0.717) is 11.8 Å². The summed E-state index contributed by atoms with van der Waals surface area (Å²) < 4.78 is 6.77. The van der Waals surface area contributed by atoms with E-state index in [9.17, 15) is 4.79 Å². The largest absolute Gasteiger partial charge is 0.431 e. The first kappa shape index (κ1) is 16.1. The predicted octanol–water partition coefficient (Wildman–Crippen LogP) is 4.19. The number of rotatable bonds is 5. The van der Waals surface area contributed by atoms with E-state index < -0.39 is 0 Å². The zero-order valence-electron chi connectivity index (χ0n) is 13.5. The molecule has 0 radical (unpaired) electrons. The van der Waals surface area contributed by atoms with Crippen molar-refractivity contribution in [2.45, 2.75) is 11.8 Å². The molecule has 4 aromatic rings. The van der Waals surface area contributed by atoms with Crippen LogP contribution < -0.4 is 0 Å². The molecule has 2 heterocycles. The van der Waals surface area contributed by atoms with E-state index in [-0.39, 0.29) is 11.7 Å². The molecule has 0 atom stereocenters. The van der Waals surface area contributed by atoms with Crippen LogP contribution in [0, 0.1) is 0 Å². The van der Waals surface area contributed by atoms with Crippen molar-refractivity contribution in [3.05, 3.63) is 53.5 Å². The first-order chi connectivity index (χ1) is 12.2. The third kappa shape index (κ3) is 3.52. The van der Waals surface area contributed by atoms with Crippen molar-refractivity contribution in [2.75, 3.05) is 12.8 Å². The molecule has 0 fully saturated rings. The van der Waals surface area contributed by atoms with Crippen LogP contribution in [0.3, 0.4) is 0 Å². The van der Waals surface area contributed by atoms with Crippen molar-refractivity contribution in [1.82, 2.24) is 14.9 Å². The Bertz CT molecular complexity index is 975. The first-order valence-corrected chi connectivity index (χ1v) is 9.56. The maximum absolute atomic E-state index is 12.4. The number of thiazole rings is 1. The average Bonchev–Trinajstić information content (AvgIpc) is 3.22. The van der Waals surface area contributed by atoms with Crippen molar-refractivity contribution >= 4 is 50.3 Å². The summed E-state index contributed by atoms with van der Waals surface area (Å²) in [6, 6.07) is 15.6. The zero-order valence-corrected chi connectivity index (χ0v) is 15.1. The Morgan fingerprint density at radius 2 is 1.88 bits per heavy atom. The lowest BCUT2D eigenvalue weighted by molar-refractivity contribution is -0.127. The monoisotopic (exact) mass is 369 g/mol. The molecule has 0 unspecified atom stereocenters. The summed E-state index contributed by atoms with van der Waals surface area (Å²) in [5.74, 6) is 0.306. The quantitative estimate of drug-likeness (QED) is 0.494. The number of carbonyl (C=O) groups is 1. The van der Waals surface area contributed by atoms with Gasteiger partial charge in [-0.1, -0.05) is 36.0 Å². The average molecular weight is 369 g/mol. The van der Waals surface area contributed by atoms with Gasteiger partial charge in [0.05, 0.1) is 22.5 Å². The Labute approximate surface area is 152 Å². The smallest absolute Gasteiger partial charge is 0.257 e. The van der Waals surface area contributed by atoms with Crippen LogP contribution in [0.1, 0.15) is 5.01 Å². The molecule has 1 amide bonds. The van der Waals surface area contributed by atoms with Crippen molar-refractivity contribution in [2.24, 2.45) is 0 Å². The molecule has 7 heteroatoms. The Hall–Kier alpha value is -2.38. The summed E-state index contributed by atoms with van der Waals surface area (Å²) in [5, 5.41) is 1.45. The molecule has 0 aliphatic heterocycles. The molecule has 0 aliphatic rings. The molecular formula is C18H15N3O2S2. The van der Waals surface area contributed by atoms with Crippen molar-refractivity contribution in [1.29, 1.82) is 0 Å². The number of benzene rings is 2. The minimum Gasteiger partial charge on any atom is -0.431 e. The van der Waals surface area contributed by atoms with Gasteiger partial charge in [0.15, 0.2) is 5.58 Å². The van der Waals surface area contributed by atoms with Gasteiger partial charge in [0.2, 0.25) is 5.91 Å². The minimum absolute atomic E-state index is 0.0199. The fourth-order valence-electron chi connectivity index (χ4n) is 2.43. The Morgan fingerprint density at radius 3 is 2.68 bits per heavy atom. The fourth-order valence-corrected chi connectivity index (χ4v) is 4.22. The van der Waals surface area contributed by atoms with Gasteiger partial charge in [-0.15, -0.1) is 11.3 Å². The van der Waals surface area contributed by atoms with E-state index in [2.05, 4.69) is 9.97 Å². The van der Waals surface area contributed by atoms with Gasteiger partial charge in [0.25, 0.3) is 5.22 Å². The molecule has 0 spiro atoms. The summed E-state index contributed by atoms with van der Waals surface area (Å²) in [4.78, 5) is 23.0. The summed E-state index contributed by atoms with van der Waals surface area (Å²) in [6.45, 7) is 0.506. The number of aromatic nitrogens is 2. The van der Waals surface area contributed by atoms with E-state index in [1.54, 1.807) is 23.3 Å². The van der Waals surface area contributed by atoms with Crippen LogP contribution in [0.15, 0.2) is 58.2 Å². The Morgan fingerprint density at radius 1 is 1.12 bits per heavy atom. The normalized spacial score (nSPS) is 11.2. The van der Waals surface area contributed by atoms with Gasteiger partial charge in [-0.2, -0.15) is 0 Å². The Kier molecular flexibility index (Phi) is 4.42. The molecule has 0 aliphatic carbocycles. The third-order valence-electron chi connectivity index (χ3n) is 3.73. The minimum atomic E-state index is 0.0199. The SMILES string of the molecule is CN(Cc1nc2ccccc2s1)C(=O)CSc1nc2ccccc2o1. The first-order valence-electron chi connectivity index (χ1n) is 7.76. The van der Waals surface area contributed by atoms with Gasteiger partial charge in [-0.05, 0) is 24.3 Å². The number of thioether (sulfide) groups is 1. The molecule has 0 saturated heterocycles. The van der Waals surface area contributed by atoms with Gasteiger partial charge in [0, 0.05) is 7.05 Å². The van der Waals surface area contributed by atoms with Gasteiger partial charge in [-0.3, -0.25) is 4.79 Å². The highest BCUT2D eigenvalue weighted by Crippen LogP contribution is 2.25. The molecular weight excluding hydrogens is 354 g/mol. The standard InChI is InChI=1S/C18H15N3O2S2/c1-21(10-16-19-13-7-3-5-9-15(13)25-16)17(22)11-24-18-20-12-6-2-4-8-14(12)23-18/h2-9H,10-11H2,1H3. The van der Waals surface area contributed by atoms with Crippen LogP contribution >= 0.6 is 23.1 Å². The van der Waals surface area contributed by atoms with Crippen molar-refractivity contribution < 1.29 is 9.21 Å². The third-order valence-corrected chi connectivity index (χ3v) is 5.56. The molecule has 0 bridgehead atoms. The van der Waals surface area contributed by atoms with Crippen molar-refractivity contribution in [3.8, 4) is 0 Å². The maximum atomic E-state index is 12.4. The van der Waals surface area contributed by atoms with Crippen LogP contribution in [-0.4, -0.2) is 33.6 Å².